The number of aromatic nitrogens is 1. The van der Waals surface area contributed by atoms with Crippen LogP contribution < -0.4 is 0 Å². The van der Waals surface area contributed by atoms with Crippen LogP contribution in [-0.2, 0) is 0 Å². The first-order valence-corrected chi connectivity index (χ1v) is 7.97. The zero-order chi connectivity index (χ0) is 19.0. The maximum absolute atomic E-state index is 12.5. The summed E-state index contributed by atoms with van der Waals surface area (Å²) < 4.78 is 0. The number of non-ortho nitro benzene ring substituents is 1. The van der Waals surface area contributed by atoms with Crippen molar-refractivity contribution in [3.63, 3.8) is 0 Å². The molecule has 2 N–H and O–H groups in total. The van der Waals surface area contributed by atoms with Gasteiger partial charge in [-0.3, -0.25) is 14.9 Å². The lowest BCUT2D eigenvalue weighted by Crippen LogP contribution is -1.94. The highest BCUT2D eigenvalue weighted by Gasteiger charge is 2.16. The molecule has 0 aliphatic carbocycles. The fraction of sp³-hybridized carbons (Fsp3) is 0. The van der Waals surface area contributed by atoms with E-state index in [1.54, 1.807) is 12.1 Å². The number of amides is 1. The van der Waals surface area contributed by atoms with Gasteiger partial charge in [-0.15, -0.1) is 10.2 Å². The van der Waals surface area contributed by atoms with Gasteiger partial charge in [-0.1, -0.05) is 36.4 Å². The maximum Gasteiger partial charge on any atom is 0.296 e. The topological polar surface area (TPSA) is 121 Å². The van der Waals surface area contributed by atoms with E-state index < -0.39 is 10.8 Å². The largest absolute Gasteiger partial charge is 0.493 e. The van der Waals surface area contributed by atoms with E-state index in [0.29, 0.717) is 16.5 Å². The summed E-state index contributed by atoms with van der Waals surface area (Å²) in [6.07, 6.45) is 0. The molecule has 1 amide bonds. The summed E-state index contributed by atoms with van der Waals surface area (Å²) in [7, 11) is 0. The minimum atomic E-state index is -0.578. The van der Waals surface area contributed by atoms with Gasteiger partial charge in [0.15, 0.2) is 5.69 Å². The molecule has 8 nitrogen and oxygen atoms in total. The van der Waals surface area contributed by atoms with Gasteiger partial charge in [0, 0.05) is 17.5 Å². The van der Waals surface area contributed by atoms with Crippen LogP contribution in [0.1, 0.15) is 10.4 Å². The number of hydrogen-bond acceptors (Lipinski definition) is 5. The zero-order valence-corrected chi connectivity index (χ0v) is 13.8. The van der Waals surface area contributed by atoms with Gasteiger partial charge in [-0.05, 0) is 22.9 Å². The molecular weight excluding hydrogens is 348 g/mol. The SMILES string of the molecule is O=C(N=Nc1c(O)[nH]c2ccc([N+](=O)[O-])cc12)c1cccc2ccccc12. The van der Waals surface area contributed by atoms with Crippen molar-refractivity contribution in [2.45, 2.75) is 0 Å². The second-order valence-corrected chi connectivity index (χ2v) is 5.84. The van der Waals surface area contributed by atoms with Crippen LogP contribution in [0.3, 0.4) is 0 Å². The van der Waals surface area contributed by atoms with E-state index in [1.165, 1.54) is 18.2 Å². The minimum absolute atomic E-state index is 0.0257. The van der Waals surface area contributed by atoms with Crippen LogP contribution in [0.2, 0.25) is 0 Å². The minimum Gasteiger partial charge on any atom is -0.493 e. The van der Waals surface area contributed by atoms with Crippen molar-refractivity contribution in [1.29, 1.82) is 0 Å². The van der Waals surface area contributed by atoms with Crippen LogP contribution >= 0.6 is 0 Å². The highest BCUT2D eigenvalue weighted by Crippen LogP contribution is 2.37. The molecule has 0 saturated heterocycles. The van der Waals surface area contributed by atoms with Crippen LogP contribution in [0, 0.1) is 10.1 Å². The molecule has 1 aromatic heterocycles. The lowest BCUT2D eigenvalue weighted by Gasteiger charge is -2.01. The second-order valence-electron chi connectivity index (χ2n) is 5.84. The number of azo groups is 1. The summed E-state index contributed by atoms with van der Waals surface area (Å²) in [6, 6.07) is 16.7. The van der Waals surface area contributed by atoms with E-state index in [0.717, 1.165) is 10.8 Å². The second kappa shape index (κ2) is 6.34. The number of carbonyl (C=O) groups excluding carboxylic acids is 1. The Bertz CT molecular complexity index is 1240. The molecule has 3 aromatic carbocycles. The van der Waals surface area contributed by atoms with Gasteiger partial charge in [0.1, 0.15) is 0 Å². The van der Waals surface area contributed by atoms with Gasteiger partial charge in [-0.25, -0.2) is 0 Å². The summed E-state index contributed by atoms with van der Waals surface area (Å²) in [5.41, 5.74) is 0.646. The van der Waals surface area contributed by atoms with Gasteiger partial charge in [0.25, 0.3) is 11.6 Å². The van der Waals surface area contributed by atoms with Crippen LogP contribution in [0.5, 0.6) is 5.88 Å². The Hall–Kier alpha value is -4.07. The molecule has 1 heterocycles. The lowest BCUT2D eigenvalue weighted by atomic mass is 10.0. The number of nitro benzene ring substituents is 1. The van der Waals surface area contributed by atoms with Gasteiger partial charge in [0.2, 0.25) is 5.88 Å². The third-order valence-electron chi connectivity index (χ3n) is 4.21. The van der Waals surface area contributed by atoms with Crippen LogP contribution in [0.4, 0.5) is 11.4 Å². The molecular formula is C19H12N4O4. The van der Waals surface area contributed by atoms with Crippen LogP contribution in [-0.4, -0.2) is 20.9 Å². The van der Waals surface area contributed by atoms with Crippen molar-refractivity contribution in [2.75, 3.05) is 0 Å². The Morgan fingerprint density at radius 2 is 1.81 bits per heavy atom. The molecule has 4 rings (SSSR count). The highest BCUT2D eigenvalue weighted by molar-refractivity contribution is 6.07. The maximum atomic E-state index is 12.5. The number of nitro groups is 1. The van der Waals surface area contributed by atoms with Gasteiger partial charge < -0.3 is 10.1 Å². The lowest BCUT2D eigenvalue weighted by molar-refractivity contribution is -0.384. The first kappa shape index (κ1) is 16.4. The fourth-order valence-electron chi connectivity index (χ4n) is 2.93. The predicted molar refractivity (Wildman–Crippen MR) is 99.4 cm³/mol. The third-order valence-corrected chi connectivity index (χ3v) is 4.21. The molecule has 132 valence electrons. The quantitative estimate of drug-likeness (QED) is 0.308. The number of benzene rings is 3. The molecule has 0 aliphatic heterocycles. The Morgan fingerprint density at radius 1 is 1.04 bits per heavy atom. The fourth-order valence-corrected chi connectivity index (χ4v) is 2.93. The average Bonchev–Trinajstić information content (AvgIpc) is 2.99. The number of nitrogens with zero attached hydrogens (tertiary/aromatic N) is 3. The number of carbonyl (C=O) groups is 1. The van der Waals surface area contributed by atoms with Crippen molar-refractivity contribution < 1.29 is 14.8 Å². The van der Waals surface area contributed by atoms with Crippen molar-refractivity contribution in [3.8, 4) is 5.88 Å². The van der Waals surface area contributed by atoms with Gasteiger partial charge >= 0.3 is 0 Å². The van der Waals surface area contributed by atoms with Gasteiger partial charge in [-0.2, -0.15) is 0 Å². The summed E-state index contributed by atoms with van der Waals surface area (Å²) in [6.45, 7) is 0. The summed E-state index contributed by atoms with van der Waals surface area (Å²) in [5, 5.41) is 30.5. The molecule has 0 atom stereocenters. The van der Waals surface area contributed by atoms with E-state index in [4.69, 9.17) is 0 Å². The van der Waals surface area contributed by atoms with Crippen molar-refractivity contribution in [1.82, 2.24) is 4.98 Å². The van der Waals surface area contributed by atoms with Crippen molar-refractivity contribution in [2.24, 2.45) is 10.2 Å². The number of rotatable bonds is 3. The first-order chi connectivity index (χ1) is 13.0. The van der Waals surface area contributed by atoms with E-state index in [9.17, 15) is 20.0 Å². The summed E-state index contributed by atoms with van der Waals surface area (Å²) >= 11 is 0. The molecule has 0 fully saturated rings. The average molecular weight is 360 g/mol. The number of aromatic amines is 1. The summed E-state index contributed by atoms with van der Waals surface area (Å²) in [4.78, 5) is 25.6. The predicted octanol–water partition coefficient (Wildman–Crippen LogP) is 4.86. The Kier molecular flexibility index (Phi) is 3.85. The molecule has 0 bridgehead atoms. The van der Waals surface area contributed by atoms with Crippen LogP contribution in [0.15, 0.2) is 70.9 Å². The van der Waals surface area contributed by atoms with Crippen molar-refractivity contribution in [3.05, 3.63) is 76.3 Å². The molecule has 27 heavy (non-hydrogen) atoms. The number of nitrogens with one attached hydrogen (secondary N) is 1. The normalized spacial score (nSPS) is 11.4. The van der Waals surface area contributed by atoms with E-state index in [-0.39, 0.29) is 17.3 Å². The number of fused-ring (bicyclic) bond motifs is 2. The smallest absolute Gasteiger partial charge is 0.296 e. The number of H-pyrrole nitrogens is 1. The molecule has 0 unspecified atom stereocenters. The Labute approximate surface area is 151 Å². The zero-order valence-electron chi connectivity index (χ0n) is 13.8. The molecule has 8 heteroatoms. The molecule has 0 saturated carbocycles. The van der Waals surface area contributed by atoms with E-state index >= 15 is 0 Å². The molecule has 0 aliphatic rings. The molecule has 4 aromatic rings. The Balaban J connectivity index is 1.76. The third kappa shape index (κ3) is 2.89. The van der Waals surface area contributed by atoms with E-state index in [2.05, 4.69) is 15.2 Å². The molecule has 0 radical (unpaired) electrons. The molecule has 0 spiro atoms. The standard InChI is InChI=1S/C19H12N4O4/c24-18(14-7-3-5-11-4-1-2-6-13(11)14)22-21-17-15-10-12(23(26)27)8-9-16(15)20-19(17)25/h1-10,20,25H. The number of hydrogen-bond donors (Lipinski definition) is 2. The van der Waals surface area contributed by atoms with Gasteiger partial charge in [0.05, 0.1) is 16.0 Å². The first-order valence-electron chi connectivity index (χ1n) is 7.97. The van der Waals surface area contributed by atoms with Crippen LogP contribution in [0.25, 0.3) is 21.7 Å². The van der Waals surface area contributed by atoms with Crippen molar-refractivity contribution >= 4 is 39.0 Å². The highest BCUT2D eigenvalue weighted by atomic mass is 16.6. The Morgan fingerprint density at radius 3 is 2.63 bits per heavy atom. The van der Waals surface area contributed by atoms with E-state index in [1.807, 2.05) is 30.3 Å². The summed E-state index contributed by atoms with van der Waals surface area (Å²) in [5.74, 6) is -0.897. The number of aromatic hydroxyl groups is 1. The monoisotopic (exact) mass is 360 g/mol.